The quantitative estimate of drug-likeness (QED) is 0.759. The number of methoxy groups -OCH3 is 2. The lowest BCUT2D eigenvalue weighted by Gasteiger charge is -2.14. The van der Waals surface area contributed by atoms with E-state index in [0.717, 1.165) is 27.8 Å². The van der Waals surface area contributed by atoms with Gasteiger partial charge in [-0.05, 0) is 30.2 Å². The van der Waals surface area contributed by atoms with Crippen molar-refractivity contribution in [1.82, 2.24) is 4.98 Å². The van der Waals surface area contributed by atoms with Gasteiger partial charge < -0.3 is 14.8 Å². The van der Waals surface area contributed by atoms with Crippen LogP contribution in [0, 0.1) is 0 Å². The molecule has 6 nitrogen and oxygen atoms in total. The minimum Gasteiger partial charge on any atom is -0.497 e. The van der Waals surface area contributed by atoms with Gasteiger partial charge in [0.1, 0.15) is 11.5 Å². The molecule has 1 N–H and O–H groups in total. The second kappa shape index (κ2) is 6.17. The molecule has 3 aromatic rings. The standard InChI is InChI=1S/C19H18N2O4S/c1-24-13-9-12(10-14(11-13)25-2)21-17-5-7-20-16-3-4-18-15(19(16)17)6-8-26(18,22)23/h3-5,7,9-11H,6,8H2,1-2H3,(H,20,21). The van der Waals surface area contributed by atoms with Crippen molar-refractivity contribution in [2.45, 2.75) is 11.3 Å². The van der Waals surface area contributed by atoms with Crippen LogP contribution in [-0.4, -0.2) is 33.4 Å². The Kier molecular flexibility index (Phi) is 3.96. The molecule has 0 bridgehead atoms. The minimum atomic E-state index is -3.20. The number of ether oxygens (including phenoxy) is 2. The molecule has 134 valence electrons. The number of fused-ring (bicyclic) bond motifs is 3. The summed E-state index contributed by atoms with van der Waals surface area (Å²) in [6.45, 7) is 0. The fourth-order valence-corrected chi connectivity index (χ4v) is 4.87. The topological polar surface area (TPSA) is 77.5 Å². The Morgan fingerprint density at radius 2 is 1.77 bits per heavy atom. The van der Waals surface area contributed by atoms with Gasteiger partial charge in [0.2, 0.25) is 0 Å². The molecule has 1 aromatic heterocycles. The number of aromatic nitrogens is 1. The minimum absolute atomic E-state index is 0.142. The van der Waals surface area contributed by atoms with Crippen LogP contribution in [0.5, 0.6) is 11.5 Å². The third-order valence-corrected chi connectivity index (χ3v) is 6.35. The van der Waals surface area contributed by atoms with Gasteiger partial charge in [-0.2, -0.15) is 0 Å². The van der Waals surface area contributed by atoms with Crippen molar-refractivity contribution < 1.29 is 17.9 Å². The predicted molar refractivity (Wildman–Crippen MR) is 100 cm³/mol. The van der Waals surface area contributed by atoms with Crippen molar-refractivity contribution in [2.75, 3.05) is 25.3 Å². The molecule has 2 heterocycles. The number of benzene rings is 2. The molecule has 7 heteroatoms. The molecule has 0 fully saturated rings. The Bertz CT molecular complexity index is 1090. The van der Waals surface area contributed by atoms with Gasteiger partial charge in [0, 0.05) is 41.2 Å². The molecule has 1 aliphatic rings. The van der Waals surface area contributed by atoms with Crippen LogP contribution in [-0.2, 0) is 16.3 Å². The Hall–Kier alpha value is -2.80. The molecule has 1 aliphatic heterocycles. The first kappa shape index (κ1) is 16.7. The number of anilines is 2. The van der Waals surface area contributed by atoms with E-state index in [4.69, 9.17) is 9.47 Å². The molecule has 0 saturated heterocycles. The third kappa shape index (κ3) is 2.74. The van der Waals surface area contributed by atoms with Crippen LogP contribution in [0.3, 0.4) is 0 Å². The van der Waals surface area contributed by atoms with Gasteiger partial charge >= 0.3 is 0 Å². The highest BCUT2D eigenvalue weighted by Gasteiger charge is 2.28. The van der Waals surface area contributed by atoms with Gasteiger partial charge in [-0.15, -0.1) is 0 Å². The van der Waals surface area contributed by atoms with Gasteiger partial charge in [-0.3, -0.25) is 4.98 Å². The molecule has 0 amide bonds. The van der Waals surface area contributed by atoms with E-state index in [2.05, 4.69) is 10.3 Å². The van der Waals surface area contributed by atoms with Crippen molar-refractivity contribution in [2.24, 2.45) is 0 Å². The molecule has 4 rings (SSSR count). The Morgan fingerprint density at radius 1 is 1.04 bits per heavy atom. The zero-order valence-electron chi connectivity index (χ0n) is 14.4. The van der Waals surface area contributed by atoms with E-state index in [1.807, 2.05) is 18.2 Å². The first-order valence-corrected chi connectivity index (χ1v) is 9.80. The van der Waals surface area contributed by atoms with Gasteiger partial charge in [0.25, 0.3) is 0 Å². The maximum atomic E-state index is 12.3. The molecule has 0 radical (unpaired) electrons. The van der Waals surface area contributed by atoms with Crippen molar-refractivity contribution >= 4 is 32.1 Å². The van der Waals surface area contributed by atoms with Crippen LogP contribution < -0.4 is 14.8 Å². The lowest BCUT2D eigenvalue weighted by molar-refractivity contribution is 0.395. The number of pyridine rings is 1. The summed E-state index contributed by atoms with van der Waals surface area (Å²) < 4.78 is 35.1. The molecule has 0 spiro atoms. The van der Waals surface area contributed by atoms with E-state index >= 15 is 0 Å². The molecule has 26 heavy (non-hydrogen) atoms. The van der Waals surface area contributed by atoms with E-state index in [9.17, 15) is 8.42 Å². The number of sulfone groups is 1. The molecule has 0 aliphatic carbocycles. The van der Waals surface area contributed by atoms with Crippen molar-refractivity contribution in [1.29, 1.82) is 0 Å². The first-order valence-electron chi connectivity index (χ1n) is 8.15. The summed E-state index contributed by atoms with van der Waals surface area (Å²) in [5.41, 5.74) is 3.18. The summed E-state index contributed by atoms with van der Waals surface area (Å²) in [4.78, 5) is 4.80. The number of aryl methyl sites for hydroxylation is 1. The number of hydrogen-bond donors (Lipinski definition) is 1. The highest BCUT2D eigenvalue weighted by atomic mass is 32.2. The first-order chi connectivity index (χ1) is 12.5. The number of nitrogens with one attached hydrogen (secondary N) is 1. The van der Waals surface area contributed by atoms with Crippen molar-refractivity contribution in [3.8, 4) is 11.5 Å². The molecular weight excluding hydrogens is 352 g/mol. The molecule has 2 aromatic carbocycles. The van der Waals surface area contributed by atoms with Crippen LogP contribution in [0.2, 0.25) is 0 Å². The second-order valence-corrected chi connectivity index (χ2v) is 8.17. The fourth-order valence-electron chi connectivity index (χ4n) is 3.33. The summed E-state index contributed by atoms with van der Waals surface area (Å²) in [6, 6.07) is 10.8. The zero-order valence-corrected chi connectivity index (χ0v) is 15.3. The third-order valence-electron chi connectivity index (χ3n) is 4.56. The largest absolute Gasteiger partial charge is 0.497 e. The number of rotatable bonds is 4. The predicted octanol–water partition coefficient (Wildman–Crippen LogP) is 3.33. The van der Waals surface area contributed by atoms with E-state index < -0.39 is 9.84 Å². The van der Waals surface area contributed by atoms with Gasteiger partial charge in [0.05, 0.1) is 30.4 Å². The SMILES string of the molecule is COc1cc(Nc2ccnc3ccc4c(c23)CCS4(=O)=O)cc(OC)c1. The molecule has 0 unspecified atom stereocenters. The molecule has 0 atom stereocenters. The Labute approximate surface area is 151 Å². The summed E-state index contributed by atoms with van der Waals surface area (Å²) in [5.74, 6) is 1.47. The summed E-state index contributed by atoms with van der Waals surface area (Å²) >= 11 is 0. The summed E-state index contributed by atoms with van der Waals surface area (Å²) in [6.07, 6.45) is 2.20. The second-order valence-electron chi connectivity index (χ2n) is 6.09. The summed E-state index contributed by atoms with van der Waals surface area (Å²) in [5, 5.41) is 4.20. The lowest BCUT2D eigenvalue weighted by Crippen LogP contribution is -1.99. The van der Waals surface area contributed by atoms with Gasteiger partial charge in [0.15, 0.2) is 9.84 Å². The van der Waals surface area contributed by atoms with Crippen molar-refractivity contribution in [3.05, 3.63) is 48.2 Å². The maximum absolute atomic E-state index is 12.3. The lowest BCUT2D eigenvalue weighted by atomic mass is 10.0. The van der Waals surface area contributed by atoms with E-state index in [1.54, 1.807) is 38.6 Å². The number of hydrogen-bond acceptors (Lipinski definition) is 6. The average Bonchev–Trinajstić information content (AvgIpc) is 2.96. The summed E-state index contributed by atoms with van der Waals surface area (Å²) in [7, 11) is -0.0128. The smallest absolute Gasteiger partial charge is 0.179 e. The van der Waals surface area contributed by atoms with Crippen LogP contribution in [0.1, 0.15) is 5.56 Å². The Balaban J connectivity index is 1.87. The zero-order chi connectivity index (χ0) is 18.3. The average molecular weight is 370 g/mol. The van der Waals surface area contributed by atoms with Crippen LogP contribution in [0.25, 0.3) is 10.9 Å². The van der Waals surface area contributed by atoms with E-state index in [-0.39, 0.29) is 5.75 Å². The monoisotopic (exact) mass is 370 g/mol. The van der Waals surface area contributed by atoms with Crippen molar-refractivity contribution in [3.63, 3.8) is 0 Å². The highest BCUT2D eigenvalue weighted by molar-refractivity contribution is 7.91. The van der Waals surface area contributed by atoms with Crippen LogP contribution >= 0.6 is 0 Å². The normalized spacial score (nSPS) is 14.8. The van der Waals surface area contributed by atoms with Crippen LogP contribution in [0.4, 0.5) is 11.4 Å². The molecular formula is C19H18N2O4S. The molecule has 0 saturated carbocycles. The Morgan fingerprint density at radius 3 is 2.46 bits per heavy atom. The van der Waals surface area contributed by atoms with Crippen LogP contribution in [0.15, 0.2) is 47.5 Å². The number of nitrogens with zero attached hydrogens (tertiary/aromatic N) is 1. The fraction of sp³-hybridized carbons (Fsp3) is 0.211. The van der Waals surface area contributed by atoms with Gasteiger partial charge in [-0.25, -0.2) is 8.42 Å². The van der Waals surface area contributed by atoms with E-state index in [1.165, 1.54) is 0 Å². The van der Waals surface area contributed by atoms with E-state index in [0.29, 0.717) is 22.8 Å². The highest BCUT2D eigenvalue weighted by Crippen LogP contribution is 2.37. The van der Waals surface area contributed by atoms with Gasteiger partial charge in [-0.1, -0.05) is 0 Å². The maximum Gasteiger partial charge on any atom is 0.179 e.